The second kappa shape index (κ2) is 7.35. The summed E-state index contributed by atoms with van der Waals surface area (Å²) in [5, 5.41) is 3.07. The minimum absolute atomic E-state index is 0.0449. The fraction of sp³-hybridized carbons (Fsp3) is 0.600. The SMILES string of the molecule is CNCc1ccc(CS(=O)(=O)NCC2CCCN2C)cc1. The summed E-state index contributed by atoms with van der Waals surface area (Å²) in [6, 6.07) is 8.03. The van der Waals surface area contributed by atoms with Crippen LogP contribution in [0.1, 0.15) is 24.0 Å². The third kappa shape index (κ3) is 5.07. The first kappa shape index (κ1) is 16.4. The zero-order valence-corrected chi connectivity index (χ0v) is 13.6. The first-order valence-corrected chi connectivity index (χ1v) is 9.05. The number of hydrogen-bond acceptors (Lipinski definition) is 4. The smallest absolute Gasteiger partial charge is 0.215 e. The molecule has 0 saturated carbocycles. The van der Waals surface area contributed by atoms with E-state index < -0.39 is 10.0 Å². The molecule has 1 aromatic carbocycles. The van der Waals surface area contributed by atoms with Gasteiger partial charge in [0.1, 0.15) is 0 Å². The number of rotatable bonds is 7. The molecule has 6 heteroatoms. The van der Waals surface area contributed by atoms with Crippen LogP contribution in [-0.2, 0) is 22.3 Å². The first-order chi connectivity index (χ1) is 10.00. The number of hydrogen-bond donors (Lipinski definition) is 2. The molecule has 0 spiro atoms. The van der Waals surface area contributed by atoms with Crippen molar-refractivity contribution in [2.75, 3.05) is 27.2 Å². The van der Waals surface area contributed by atoms with Crippen LogP contribution in [0.4, 0.5) is 0 Å². The normalized spacial score (nSPS) is 20.0. The van der Waals surface area contributed by atoms with Gasteiger partial charge in [-0.1, -0.05) is 24.3 Å². The maximum absolute atomic E-state index is 12.1. The molecule has 0 aliphatic carbocycles. The standard InChI is InChI=1S/C15H25N3O2S/c1-16-10-13-5-7-14(8-6-13)12-21(19,20)17-11-15-4-3-9-18(15)2/h5-8,15-17H,3-4,9-12H2,1-2H3. The minimum atomic E-state index is -3.26. The lowest BCUT2D eigenvalue weighted by molar-refractivity contribution is 0.311. The topological polar surface area (TPSA) is 61.4 Å². The molecule has 5 nitrogen and oxygen atoms in total. The molecule has 0 radical (unpaired) electrons. The zero-order chi connectivity index (χ0) is 15.3. The van der Waals surface area contributed by atoms with Crippen molar-refractivity contribution >= 4 is 10.0 Å². The van der Waals surface area contributed by atoms with Crippen molar-refractivity contribution in [3.63, 3.8) is 0 Å². The van der Waals surface area contributed by atoms with Crippen molar-refractivity contribution in [2.24, 2.45) is 0 Å². The van der Waals surface area contributed by atoms with Gasteiger partial charge in [0.2, 0.25) is 10.0 Å². The summed E-state index contributed by atoms with van der Waals surface area (Å²) in [6.45, 7) is 2.36. The molecule has 1 heterocycles. The Balaban J connectivity index is 1.87. The molecule has 21 heavy (non-hydrogen) atoms. The lowest BCUT2D eigenvalue weighted by Gasteiger charge is -2.19. The highest BCUT2D eigenvalue weighted by molar-refractivity contribution is 7.88. The van der Waals surface area contributed by atoms with E-state index in [2.05, 4.69) is 14.9 Å². The maximum Gasteiger partial charge on any atom is 0.215 e. The highest BCUT2D eigenvalue weighted by atomic mass is 32.2. The van der Waals surface area contributed by atoms with Crippen LogP contribution in [0.3, 0.4) is 0 Å². The van der Waals surface area contributed by atoms with Crippen molar-refractivity contribution in [3.8, 4) is 0 Å². The molecule has 2 rings (SSSR count). The Labute approximate surface area is 127 Å². The summed E-state index contributed by atoms with van der Waals surface area (Å²) in [5.74, 6) is 0.0449. The molecule has 1 saturated heterocycles. The second-order valence-corrected chi connectivity index (χ2v) is 7.54. The van der Waals surface area contributed by atoms with Gasteiger partial charge in [-0.2, -0.15) is 0 Å². The number of sulfonamides is 1. The third-order valence-corrected chi connectivity index (χ3v) is 5.29. The van der Waals surface area contributed by atoms with Crippen LogP contribution in [0, 0.1) is 0 Å². The van der Waals surface area contributed by atoms with E-state index in [0.29, 0.717) is 12.6 Å². The Hall–Kier alpha value is -0.950. The van der Waals surface area contributed by atoms with Gasteiger partial charge in [-0.3, -0.25) is 0 Å². The average Bonchev–Trinajstić information content (AvgIpc) is 2.84. The molecule has 0 amide bonds. The summed E-state index contributed by atoms with van der Waals surface area (Å²) in [4.78, 5) is 2.22. The van der Waals surface area contributed by atoms with Crippen LogP contribution in [-0.4, -0.2) is 46.5 Å². The van der Waals surface area contributed by atoms with Gasteiger partial charge < -0.3 is 10.2 Å². The Morgan fingerprint density at radius 3 is 2.48 bits per heavy atom. The monoisotopic (exact) mass is 311 g/mol. The molecule has 0 aromatic heterocycles. The second-order valence-electron chi connectivity index (χ2n) is 5.73. The maximum atomic E-state index is 12.1. The van der Waals surface area contributed by atoms with E-state index in [1.807, 2.05) is 38.4 Å². The van der Waals surface area contributed by atoms with Crippen LogP contribution >= 0.6 is 0 Å². The third-order valence-electron chi connectivity index (χ3n) is 3.97. The van der Waals surface area contributed by atoms with Crippen LogP contribution in [0.2, 0.25) is 0 Å². The molecule has 1 aliphatic heterocycles. The van der Waals surface area contributed by atoms with E-state index in [-0.39, 0.29) is 5.75 Å². The Morgan fingerprint density at radius 1 is 1.24 bits per heavy atom. The van der Waals surface area contributed by atoms with Crippen molar-refractivity contribution in [1.82, 2.24) is 14.9 Å². The number of likely N-dealkylation sites (N-methyl/N-ethyl adjacent to an activating group) is 1. The van der Waals surface area contributed by atoms with Gasteiger partial charge in [-0.25, -0.2) is 13.1 Å². The van der Waals surface area contributed by atoms with Crippen molar-refractivity contribution in [2.45, 2.75) is 31.2 Å². The lowest BCUT2D eigenvalue weighted by atomic mass is 10.1. The summed E-state index contributed by atoms with van der Waals surface area (Å²) in [6.07, 6.45) is 2.22. The van der Waals surface area contributed by atoms with Gasteiger partial charge in [0.05, 0.1) is 5.75 Å². The molecule has 2 N–H and O–H groups in total. The highest BCUT2D eigenvalue weighted by Gasteiger charge is 2.22. The molecular weight excluding hydrogens is 286 g/mol. The number of likely N-dealkylation sites (tertiary alicyclic amines) is 1. The Bertz CT molecular complexity index is 543. The number of nitrogens with one attached hydrogen (secondary N) is 2. The molecule has 1 atom stereocenters. The average molecular weight is 311 g/mol. The Morgan fingerprint density at radius 2 is 1.90 bits per heavy atom. The predicted molar refractivity (Wildman–Crippen MR) is 85.5 cm³/mol. The van der Waals surface area contributed by atoms with E-state index in [1.54, 1.807) is 0 Å². The molecule has 118 valence electrons. The van der Waals surface area contributed by atoms with E-state index in [0.717, 1.165) is 37.1 Å². The van der Waals surface area contributed by atoms with E-state index in [9.17, 15) is 8.42 Å². The molecule has 0 bridgehead atoms. The summed E-state index contributed by atoms with van der Waals surface area (Å²) >= 11 is 0. The lowest BCUT2D eigenvalue weighted by Crippen LogP contribution is -2.38. The Kier molecular flexibility index (Phi) is 5.75. The van der Waals surface area contributed by atoms with Crippen LogP contribution in [0.25, 0.3) is 0 Å². The van der Waals surface area contributed by atoms with E-state index >= 15 is 0 Å². The number of nitrogens with zero attached hydrogens (tertiary/aromatic N) is 1. The van der Waals surface area contributed by atoms with Gasteiger partial charge in [0, 0.05) is 19.1 Å². The van der Waals surface area contributed by atoms with Gasteiger partial charge in [0.25, 0.3) is 0 Å². The summed E-state index contributed by atoms with van der Waals surface area (Å²) in [7, 11) is 0.676. The summed E-state index contributed by atoms with van der Waals surface area (Å²) in [5.41, 5.74) is 1.97. The summed E-state index contributed by atoms with van der Waals surface area (Å²) < 4.78 is 27.0. The first-order valence-electron chi connectivity index (χ1n) is 7.40. The minimum Gasteiger partial charge on any atom is -0.316 e. The number of benzene rings is 1. The van der Waals surface area contributed by atoms with Gasteiger partial charge in [-0.15, -0.1) is 0 Å². The van der Waals surface area contributed by atoms with Crippen LogP contribution < -0.4 is 10.0 Å². The van der Waals surface area contributed by atoms with E-state index in [1.165, 1.54) is 0 Å². The largest absolute Gasteiger partial charge is 0.316 e. The van der Waals surface area contributed by atoms with Crippen molar-refractivity contribution in [3.05, 3.63) is 35.4 Å². The van der Waals surface area contributed by atoms with Crippen LogP contribution in [0.15, 0.2) is 24.3 Å². The molecule has 1 fully saturated rings. The predicted octanol–water partition coefficient (Wildman–Crippen LogP) is 0.920. The van der Waals surface area contributed by atoms with Crippen LogP contribution in [0.5, 0.6) is 0 Å². The zero-order valence-electron chi connectivity index (χ0n) is 12.8. The fourth-order valence-corrected chi connectivity index (χ4v) is 3.87. The van der Waals surface area contributed by atoms with Gasteiger partial charge in [0.15, 0.2) is 0 Å². The molecule has 1 unspecified atom stereocenters. The van der Waals surface area contributed by atoms with Crippen molar-refractivity contribution < 1.29 is 8.42 Å². The van der Waals surface area contributed by atoms with Gasteiger partial charge >= 0.3 is 0 Å². The highest BCUT2D eigenvalue weighted by Crippen LogP contribution is 2.14. The molecule has 1 aliphatic rings. The van der Waals surface area contributed by atoms with Crippen molar-refractivity contribution in [1.29, 1.82) is 0 Å². The molecular formula is C15H25N3O2S. The fourth-order valence-electron chi connectivity index (χ4n) is 2.69. The van der Waals surface area contributed by atoms with Gasteiger partial charge in [-0.05, 0) is 44.6 Å². The van der Waals surface area contributed by atoms with E-state index in [4.69, 9.17) is 0 Å². The molecule has 1 aromatic rings. The quantitative estimate of drug-likeness (QED) is 0.786.